The lowest BCUT2D eigenvalue weighted by Gasteiger charge is -2.28. The molecule has 1 rings (SSSR count). The lowest BCUT2D eigenvalue weighted by Crippen LogP contribution is -2.22. The van der Waals surface area contributed by atoms with E-state index >= 15 is 0 Å². The summed E-state index contributed by atoms with van der Waals surface area (Å²) < 4.78 is 0. The first-order chi connectivity index (χ1) is 8.73. The molecule has 0 aliphatic rings. The number of rotatable bonds is 10. The van der Waals surface area contributed by atoms with Gasteiger partial charge in [0.1, 0.15) is 0 Å². The van der Waals surface area contributed by atoms with Crippen LogP contribution in [0, 0.1) is 0 Å². The van der Waals surface area contributed by atoms with Crippen LogP contribution in [0.5, 0.6) is 0 Å². The third kappa shape index (κ3) is 4.83. The Morgan fingerprint density at radius 1 is 1.00 bits per heavy atom. The molecule has 18 heavy (non-hydrogen) atoms. The topological polar surface area (TPSA) is 28.7 Å². The van der Waals surface area contributed by atoms with Crippen LogP contribution in [0.1, 0.15) is 84.3 Å². The molecule has 0 aliphatic carbocycles. The zero-order valence-corrected chi connectivity index (χ0v) is 12.5. The van der Waals surface area contributed by atoms with Crippen molar-refractivity contribution in [1.82, 2.24) is 9.97 Å². The van der Waals surface area contributed by atoms with Gasteiger partial charge in [-0.05, 0) is 12.8 Å². The molecule has 0 spiro atoms. The summed E-state index contributed by atoms with van der Waals surface area (Å²) >= 11 is 0. The predicted molar refractivity (Wildman–Crippen MR) is 78.8 cm³/mol. The van der Waals surface area contributed by atoms with E-state index in [0.717, 1.165) is 0 Å². The number of aromatic amines is 1. The van der Waals surface area contributed by atoms with E-state index in [2.05, 4.69) is 30.7 Å². The molecule has 1 aromatic rings. The maximum atomic E-state index is 4.20. The molecule has 1 aromatic heterocycles. The minimum Gasteiger partial charge on any atom is -0.348 e. The van der Waals surface area contributed by atoms with Crippen LogP contribution in [0.4, 0.5) is 0 Å². The van der Waals surface area contributed by atoms with Crippen molar-refractivity contribution >= 4 is 0 Å². The fraction of sp³-hybridized carbons (Fsp3) is 0.812. The van der Waals surface area contributed by atoms with E-state index < -0.39 is 0 Å². The first-order valence-corrected chi connectivity index (χ1v) is 7.72. The van der Waals surface area contributed by atoms with Gasteiger partial charge in [0.15, 0.2) is 0 Å². The lowest BCUT2D eigenvalue weighted by atomic mass is 9.77. The van der Waals surface area contributed by atoms with Gasteiger partial charge < -0.3 is 4.98 Å². The Balaban J connectivity index is 2.45. The van der Waals surface area contributed by atoms with Crippen LogP contribution in [-0.2, 0) is 5.41 Å². The van der Waals surface area contributed by atoms with E-state index in [1.165, 1.54) is 63.5 Å². The van der Waals surface area contributed by atoms with Crippen LogP contribution in [0.25, 0.3) is 0 Å². The maximum absolute atomic E-state index is 4.20. The van der Waals surface area contributed by atoms with Gasteiger partial charge in [-0.3, -0.25) is 0 Å². The van der Waals surface area contributed by atoms with Gasteiger partial charge in [-0.25, -0.2) is 4.98 Å². The summed E-state index contributed by atoms with van der Waals surface area (Å²) in [5, 5.41) is 0. The highest BCUT2D eigenvalue weighted by atomic mass is 14.9. The van der Waals surface area contributed by atoms with Gasteiger partial charge in [0.2, 0.25) is 0 Å². The van der Waals surface area contributed by atoms with E-state index in [4.69, 9.17) is 0 Å². The molecule has 1 N–H and O–H groups in total. The van der Waals surface area contributed by atoms with Crippen molar-refractivity contribution in [2.75, 3.05) is 0 Å². The summed E-state index contributed by atoms with van der Waals surface area (Å²) in [5.74, 6) is 0. The molecule has 0 saturated heterocycles. The van der Waals surface area contributed by atoms with Crippen LogP contribution in [0.3, 0.4) is 0 Å². The smallest absolute Gasteiger partial charge is 0.0921 e. The van der Waals surface area contributed by atoms with Crippen molar-refractivity contribution in [3.63, 3.8) is 0 Å². The number of nitrogens with zero attached hydrogens (tertiary/aromatic N) is 1. The molecule has 0 radical (unpaired) electrons. The second kappa shape index (κ2) is 8.34. The molecular formula is C16H30N2. The summed E-state index contributed by atoms with van der Waals surface area (Å²) in [4.78, 5) is 7.53. The van der Waals surface area contributed by atoms with Crippen LogP contribution in [0.15, 0.2) is 12.5 Å². The summed E-state index contributed by atoms with van der Waals surface area (Å²) in [7, 11) is 0. The maximum Gasteiger partial charge on any atom is 0.0921 e. The molecule has 0 aromatic carbocycles. The van der Waals surface area contributed by atoms with Gasteiger partial charge in [0.25, 0.3) is 0 Å². The predicted octanol–water partition coefficient (Wildman–Crippen LogP) is 5.22. The van der Waals surface area contributed by atoms with Gasteiger partial charge in [-0.2, -0.15) is 0 Å². The molecule has 2 nitrogen and oxygen atoms in total. The van der Waals surface area contributed by atoms with E-state index in [-0.39, 0.29) is 0 Å². The molecule has 0 bridgehead atoms. The Kier molecular flexibility index (Phi) is 7.07. The van der Waals surface area contributed by atoms with Crippen molar-refractivity contribution in [3.05, 3.63) is 18.2 Å². The van der Waals surface area contributed by atoms with Crippen molar-refractivity contribution in [3.8, 4) is 0 Å². The molecule has 0 amide bonds. The summed E-state index contributed by atoms with van der Waals surface area (Å²) in [6.45, 7) is 6.95. The third-order valence-electron chi connectivity index (χ3n) is 4.06. The van der Waals surface area contributed by atoms with E-state index in [9.17, 15) is 0 Å². The minimum atomic E-state index is 0.304. The zero-order valence-electron chi connectivity index (χ0n) is 12.5. The highest BCUT2D eigenvalue weighted by molar-refractivity contribution is 5.11. The van der Waals surface area contributed by atoms with Crippen LogP contribution in [0.2, 0.25) is 0 Å². The Hall–Kier alpha value is -0.790. The van der Waals surface area contributed by atoms with Crippen LogP contribution in [-0.4, -0.2) is 9.97 Å². The number of imidazole rings is 1. The standard InChI is InChI=1S/C16H30N2/c1-4-6-8-9-10-12-16(3,11-7-5-2)15-13-17-14-18-15/h13-14H,4-12H2,1-3H3,(H,17,18). The van der Waals surface area contributed by atoms with Crippen LogP contribution >= 0.6 is 0 Å². The number of hydrogen-bond acceptors (Lipinski definition) is 1. The highest BCUT2D eigenvalue weighted by Crippen LogP contribution is 2.33. The molecule has 0 saturated carbocycles. The number of nitrogens with one attached hydrogen (secondary N) is 1. The molecule has 0 fully saturated rings. The molecule has 1 atom stereocenters. The summed E-state index contributed by atoms with van der Waals surface area (Å²) in [6.07, 6.45) is 15.8. The van der Waals surface area contributed by atoms with Crippen LogP contribution < -0.4 is 0 Å². The minimum absolute atomic E-state index is 0.304. The average Bonchev–Trinajstić information content (AvgIpc) is 2.90. The Morgan fingerprint density at radius 2 is 1.67 bits per heavy atom. The second-order valence-electron chi connectivity index (χ2n) is 5.79. The fourth-order valence-electron chi connectivity index (χ4n) is 2.67. The van der Waals surface area contributed by atoms with E-state index in [0.29, 0.717) is 5.41 Å². The largest absolute Gasteiger partial charge is 0.348 e. The number of hydrogen-bond donors (Lipinski definition) is 1. The van der Waals surface area contributed by atoms with Gasteiger partial charge in [0, 0.05) is 17.3 Å². The molecular weight excluding hydrogens is 220 g/mol. The molecule has 1 unspecified atom stereocenters. The third-order valence-corrected chi connectivity index (χ3v) is 4.06. The van der Waals surface area contributed by atoms with Crippen molar-refractivity contribution in [2.45, 2.75) is 84.0 Å². The average molecular weight is 250 g/mol. The summed E-state index contributed by atoms with van der Waals surface area (Å²) in [5.41, 5.74) is 1.63. The summed E-state index contributed by atoms with van der Waals surface area (Å²) in [6, 6.07) is 0. The quantitative estimate of drug-likeness (QED) is 0.567. The first kappa shape index (κ1) is 15.3. The normalized spacial score (nSPS) is 14.6. The fourth-order valence-corrected chi connectivity index (χ4v) is 2.67. The molecule has 2 heteroatoms. The first-order valence-electron chi connectivity index (χ1n) is 7.72. The number of unbranched alkanes of at least 4 members (excludes halogenated alkanes) is 5. The van der Waals surface area contributed by atoms with E-state index in [1.807, 2.05) is 12.5 Å². The van der Waals surface area contributed by atoms with Crippen molar-refractivity contribution < 1.29 is 0 Å². The van der Waals surface area contributed by atoms with Gasteiger partial charge in [-0.15, -0.1) is 0 Å². The molecule has 1 heterocycles. The highest BCUT2D eigenvalue weighted by Gasteiger charge is 2.26. The monoisotopic (exact) mass is 250 g/mol. The van der Waals surface area contributed by atoms with Gasteiger partial charge in [0.05, 0.1) is 6.33 Å². The van der Waals surface area contributed by atoms with E-state index in [1.54, 1.807) is 0 Å². The molecule has 104 valence electrons. The van der Waals surface area contributed by atoms with Crippen molar-refractivity contribution in [1.29, 1.82) is 0 Å². The Labute approximate surface area is 113 Å². The Morgan fingerprint density at radius 3 is 2.28 bits per heavy atom. The number of H-pyrrole nitrogens is 1. The zero-order chi connectivity index (χ0) is 13.3. The Bertz CT molecular complexity index is 292. The lowest BCUT2D eigenvalue weighted by molar-refractivity contribution is 0.360. The van der Waals surface area contributed by atoms with Crippen molar-refractivity contribution in [2.24, 2.45) is 0 Å². The SMILES string of the molecule is CCCCCCCC(C)(CCCC)c1cnc[nH]1. The second-order valence-corrected chi connectivity index (χ2v) is 5.79. The van der Waals surface area contributed by atoms with Gasteiger partial charge in [-0.1, -0.05) is 65.7 Å². The number of aromatic nitrogens is 2. The van der Waals surface area contributed by atoms with Gasteiger partial charge >= 0.3 is 0 Å². The molecule has 0 aliphatic heterocycles.